The number of morpholine rings is 2. The molecule has 320 valence electrons. The molecule has 2 aromatic heterocycles. The van der Waals surface area contributed by atoms with E-state index in [0.717, 1.165) is 22.5 Å². The number of nitrogens with one attached hydrogen (secondary N) is 4. The molecule has 6 heterocycles. The van der Waals surface area contributed by atoms with Crippen LogP contribution in [0.1, 0.15) is 40.2 Å². The van der Waals surface area contributed by atoms with Gasteiger partial charge < -0.3 is 45.3 Å². The highest BCUT2D eigenvalue weighted by Gasteiger charge is 2.48. The van der Waals surface area contributed by atoms with Crippen LogP contribution in [0.3, 0.4) is 0 Å². The molecule has 8 rings (SSSR count). The van der Waals surface area contributed by atoms with Crippen molar-refractivity contribution >= 4 is 92.6 Å². The highest BCUT2D eigenvalue weighted by Crippen LogP contribution is 2.33. The van der Waals surface area contributed by atoms with Crippen molar-refractivity contribution in [2.45, 2.75) is 24.9 Å². The monoisotopic (exact) mass is 894 g/mol. The number of aryl methyl sites for hydroxylation is 2. The van der Waals surface area contributed by atoms with Gasteiger partial charge in [0.25, 0.3) is 35.4 Å². The fraction of sp³-hybridized carbons (Fsp3) is 0.318. The molecule has 4 aliphatic rings. The van der Waals surface area contributed by atoms with E-state index < -0.39 is 11.1 Å². The van der Waals surface area contributed by atoms with E-state index in [1.807, 2.05) is 26.0 Å². The van der Waals surface area contributed by atoms with Gasteiger partial charge in [0.1, 0.15) is 18.8 Å². The van der Waals surface area contributed by atoms with E-state index in [0.29, 0.717) is 68.7 Å². The van der Waals surface area contributed by atoms with Crippen molar-refractivity contribution < 1.29 is 43.0 Å². The van der Waals surface area contributed by atoms with Crippen LogP contribution >= 0.6 is 34.4 Å². The Morgan fingerprint density at radius 1 is 0.645 bits per heavy atom. The molecule has 0 aliphatic carbocycles. The zero-order chi connectivity index (χ0) is 44.0. The summed E-state index contributed by atoms with van der Waals surface area (Å²) >= 11 is 4.00. The van der Waals surface area contributed by atoms with Gasteiger partial charge in [-0.25, -0.2) is 0 Å². The summed E-state index contributed by atoms with van der Waals surface area (Å²) in [6.45, 7) is 6.04. The van der Waals surface area contributed by atoms with E-state index in [-0.39, 0.29) is 61.9 Å². The molecule has 4 aliphatic heterocycles. The summed E-state index contributed by atoms with van der Waals surface area (Å²) in [6.07, 6.45) is 10.7. The van der Waals surface area contributed by atoms with Crippen LogP contribution in [0.2, 0.25) is 0 Å². The molecule has 0 radical (unpaired) electrons. The highest BCUT2D eigenvalue weighted by atomic mass is 32.2. The zero-order valence-corrected chi connectivity index (χ0v) is 36.2. The molecule has 0 saturated carbocycles. The Morgan fingerprint density at radius 2 is 1.10 bits per heavy atom. The van der Waals surface area contributed by atoms with Crippen molar-refractivity contribution in [2.24, 2.45) is 0 Å². The molecule has 62 heavy (non-hydrogen) atoms. The molecule has 18 heteroatoms. The van der Waals surface area contributed by atoms with E-state index in [9.17, 15) is 28.8 Å². The Balaban J connectivity index is 0.000000186. The van der Waals surface area contributed by atoms with Crippen molar-refractivity contribution in [3.63, 3.8) is 0 Å². The van der Waals surface area contributed by atoms with Crippen molar-refractivity contribution in [3.05, 3.63) is 91.3 Å². The van der Waals surface area contributed by atoms with Gasteiger partial charge in [0, 0.05) is 47.3 Å². The fourth-order valence-corrected chi connectivity index (χ4v) is 9.33. The van der Waals surface area contributed by atoms with Gasteiger partial charge in [-0.15, -0.1) is 35.5 Å². The van der Waals surface area contributed by atoms with Gasteiger partial charge in [-0.2, -0.15) is 11.8 Å². The average molecular weight is 895 g/mol. The molecule has 4 saturated heterocycles. The number of hydrogen-bond acceptors (Lipinski definition) is 12. The standard InChI is InChI=1S/C22H21N3O5S.C22H21N3O4S2/c2*1-3-16-5-7-18(31-16)20(27)24-22(12-30-13-22)21(28)23-15-4-6-17(14(2)10-15)25-8-9-29-11-19(25)26/h2*1,4-7,10H,8-9,11-13H2,2H3,(H,23,28)(H,24,27). The molecule has 4 N–H and O–H groups in total. The van der Waals surface area contributed by atoms with E-state index in [2.05, 4.69) is 33.1 Å². The van der Waals surface area contributed by atoms with Gasteiger partial charge in [-0.1, -0.05) is 11.8 Å². The first kappa shape index (κ1) is 44.1. The van der Waals surface area contributed by atoms with Crippen LogP contribution in [0.5, 0.6) is 0 Å². The second-order valence-corrected chi connectivity index (χ2v) is 17.9. The van der Waals surface area contributed by atoms with Crippen molar-refractivity contribution in [1.29, 1.82) is 0 Å². The van der Waals surface area contributed by atoms with Gasteiger partial charge >= 0.3 is 0 Å². The number of carbonyl (C=O) groups excluding carboxylic acids is 6. The van der Waals surface area contributed by atoms with Crippen LogP contribution in [-0.2, 0) is 33.4 Å². The quantitative estimate of drug-likeness (QED) is 0.171. The number of terminal acetylenes is 2. The predicted molar refractivity (Wildman–Crippen MR) is 239 cm³/mol. The minimum Gasteiger partial charge on any atom is -0.375 e. The Hall–Kier alpha value is -5.99. The topological polar surface area (TPSA) is 185 Å². The van der Waals surface area contributed by atoms with Crippen molar-refractivity contribution in [3.8, 4) is 24.7 Å². The first-order chi connectivity index (χ1) is 29.8. The Morgan fingerprint density at radius 3 is 1.45 bits per heavy atom. The number of carbonyl (C=O) groups is 6. The molecule has 0 atom stereocenters. The number of anilines is 4. The molecule has 4 fully saturated rings. The molecule has 0 spiro atoms. The number of nitrogens with zero attached hydrogens (tertiary/aromatic N) is 2. The molecule has 15 nitrogen and oxygen atoms in total. The largest absolute Gasteiger partial charge is 0.375 e. The second kappa shape index (κ2) is 19.0. The maximum Gasteiger partial charge on any atom is 0.262 e. The number of benzene rings is 2. The number of rotatable bonds is 10. The lowest BCUT2D eigenvalue weighted by molar-refractivity contribution is -0.141. The van der Waals surface area contributed by atoms with Crippen LogP contribution in [0.4, 0.5) is 22.7 Å². The fourth-order valence-electron chi connectivity index (χ4n) is 6.88. The van der Waals surface area contributed by atoms with Crippen LogP contribution in [-0.4, -0.2) is 111 Å². The minimum absolute atomic E-state index is 0.0627. The lowest BCUT2D eigenvalue weighted by atomic mass is 9.95. The van der Waals surface area contributed by atoms with Crippen molar-refractivity contribution in [2.75, 3.05) is 84.7 Å². The summed E-state index contributed by atoms with van der Waals surface area (Å²) < 4.78 is 15.6. The predicted octanol–water partition coefficient (Wildman–Crippen LogP) is 3.79. The average Bonchev–Trinajstić information content (AvgIpc) is 3.93. The third-order valence-electron chi connectivity index (χ3n) is 10.4. The lowest BCUT2D eigenvalue weighted by Gasteiger charge is -2.40. The van der Waals surface area contributed by atoms with Crippen LogP contribution < -0.4 is 31.1 Å². The van der Waals surface area contributed by atoms with Gasteiger partial charge in [-0.05, 0) is 85.6 Å². The minimum atomic E-state index is -1.15. The smallest absolute Gasteiger partial charge is 0.262 e. The number of amides is 6. The summed E-state index contributed by atoms with van der Waals surface area (Å²) in [5.74, 6) is 4.51. The Kier molecular flexibility index (Phi) is 13.5. The number of hydrogen-bond donors (Lipinski definition) is 4. The summed E-state index contributed by atoms with van der Waals surface area (Å²) in [5, 5.41) is 11.4. The number of thioether (sulfide) groups is 1. The van der Waals surface area contributed by atoms with Crippen LogP contribution in [0.25, 0.3) is 0 Å². The Bertz CT molecular complexity index is 2340. The second-order valence-electron chi connectivity index (χ2n) is 14.8. The third-order valence-corrected chi connectivity index (χ3v) is 13.8. The van der Waals surface area contributed by atoms with Gasteiger partial charge in [0.2, 0.25) is 0 Å². The molecule has 6 amide bonds. The Labute approximate surface area is 370 Å². The summed E-state index contributed by atoms with van der Waals surface area (Å²) in [4.78, 5) is 81.0. The van der Waals surface area contributed by atoms with Crippen LogP contribution in [0.15, 0.2) is 60.7 Å². The SMILES string of the molecule is C#Cc1ccc(C(=O)NC2(C(=O)Nc3ccc(N4CCOCC4=O)c(C)c3)COC2)s1.C#Cc1ccc(C(=O)NC2(C(=O)Nc3ccc(N4CCOCC4=O)c(C)c3)CSC2)s1. The van der Waals surface area contributed by atoms with Crippen molar-refractivity contribution in [1.82, 2.24) is 10.6 Å². The molecular formula is C44H42N6O9S3. The molecular weight excluding hydrogens is 853 g/mol. The van der Waals surface area contributed by atoms with Gasteiger partial charge in [0.15, 0.2) is 5.54 Å². The maximum atomic E-state index is 13.0. The third kappa shape index (κ3) is 9.56. The molecule has 0 unspecified atom stereocenters. The number of ether oxygens (including phenoxy) is 3. The molecule has 2 aromatic carbocycles. The summed E-state index contributed by atoms with van der Waals surface area (Å²) in [6, 6.07) is 17.4. The molecule has 0 bridgehead atoms. The first-order valence-electron chi connectivity index (χ1n) is 19.4. The van der Waals surface area contributed by atoms with E-state index in [1.54, 1.807) is 70.1 Å². The van der Waals surface area contributed by atoms with Crippen LogP contribution in [0, 0.1) is 38.5 Å². The lowest BCUT2D eigenvalue weighted by Crippen LogP contribution is -2.68. The summed E-state index contributed by atoms with van der Waals surface area (Å²) in [5.41, 5.74) is 2.37. The highest BCUT2D eigenvalue weighted by molar-refractivity contribution is 8.01. The van der Waals surface area contributed by atoms with Gasteiger partial charge in [0.05, 0.1) is 45.9 Å². The maximum absolute atomic E-state index is 13.0. The summed E-state index contributed by atoms with van der Waals surface area (Å²) in [7, 11) is 0. The zero-order valence-electron chi connectivity index (χ0n) is 33.8. The number of thiophene rings is 2. The van der Waals surface area contributed by atoms with E-state index in [1.165, 1.54) is 22.7 Å². The molecule has 4 aromatic rings. The first-order valence-corrected chi connectivity index (χ1v) is 22.2. The van der Waals surface area contributed by atoms with Gasteiger partial charge in [-0.3, -0.25) is 28.8 Å². The normalized spacial score (nSPS) is 17.4. The van der Waals surface area contributed by atoms with E-state index >= 15 is 0 Å². The van der Waals surface area contributed by atoms with E-state index in [4.69, 9.17) is 27.1 Å².